The van der Waals surface area contributed by atoms with Gasteiger partial charge >= 0.3 is 0 Å². The van der Waals surface area contributed by atoms with Crippen molar-refractivity contribution in [3.8, 4) is 0 Å². The van der Waals surface area contributed by atoms with Crippen LogP contribution in [0.25, 0.3) is 5.65 Å². The lowest BCUT2D eigenvalue weighted by Gasteiger charge is -2.17. The van der Waals surface area contributed by atoms with Crippen LogP contribution in [-0.2, 0) is 12.0 Å². The Morgan fingerprint density at radius 3 is 2.57 bits per heavy atom. The fraction of sp³-hybridized carbons (Fsp3) is 0.294. The van der Waals surface area contributed by atoms with Crippen molar-refractivity contribution < 1.29 is 0 Å². The zero-order valence-electron chi connectivity index (χ0n) is 12.7. The van der Waals surface area contributed by atoms with Crippen molar-refractivity contribution in [2.45, 2.75) is 31.7 Å². The van der Waals surface area contributed by atoms with Gasteiger partial charge in [-0.3, -0.25) is 4.79 Å². The summed E-state index contributed by atoms with van der Waals surface area (Å²) in [6, 6.07) is 7.97. The third-order valence-corrected chi connectivity index (χ3v) is 4.75. The van der Waals surface area contributed by atoms with Gasteiger partial charge in [0.15, 0.2) is 0 Å². The molecular weight excluding hydrogens is 333 g/mol. The number of halogens is 2. The Balaban J connectivity index is 0.00000156. The van der Waals surface area contributed by atoms with Crippen LogP contribution < -0.4 is 5.56 Å². The first-order chi connectivity index (χ1) is 10.6. The minimum atomic E-state index is -0.0316. The summed E-state index contributed by atoms with van der Waals surface area (Å²) in [5.74, 6) is 0. The third kappa shape index (κ3) is 2.77. The van der Waals surface area contributed by atoms with Gasteiger partial charge in [0, 0.05) is 35.6 Å². The smallest absolute Gasteiger partial charge is 0.294 e. The molecule has 4 rings (SSSR count). The van der Waals surface area contributed by atoms with E-state index >= 15 is 0 Å². The number of benzene rings is 1. The Morgan fingerprint density at radius 1 is 1.22 bits per heavy atom. The molecule has 1 aliphatic carbocycles. The molecule has 2 aromatic heterocycles. The molecule has 2 heterocycles. The van der Waals surface area contributed by atoms with Gasteiger partial charge in [-0.25, -0.2) is 4.98 Å². The van der Waals surface area contributed by atoms with E-state index < -0.39 is 0 Å². The molecule has 0 aliphatic heterocycles. The van der Waals surface area contributed by atoms with Gasteiger partial charge < -0.3 is 8.97 Å². The van der Waals surface area contributed by atoms with Crippen LogP contribution in [0.1, 0.15) is 24.1 Å². The number of hydrogen-bond donors (Lipinski definition) is 0. The van der Waals surface area contributed by atoms with Gasteiger partial charge in [0.05, 0.1) is 5.69 Å². The first-order valence-corrected chi connectivity index (χ1v) is 7.76. The van der Waals surface area contributed by atoms with Gasteiger partial charge in [-0.1, -0.05) is 23.7 Å². The lowest BCUT2D eigenvalue weighted by atomic mass is 9.96. The highest BCUT2D eigenvalue weighted by atomic mass is 35.5. The second kappa shape index (κ2) is 5.69. The van der Waals surface area contributed by atoms with Crippen LogP contribution in [0.15, 0.2) is 47.7 Å². The van der Waals surface area contributed by atoms with Crippen molar-refractivity contribution in [1.82, 2.24) is 14.0 Å². The first-order valence-electron chi connectivity index (χ1n) is 7.38. The summed E-state index contributed by atoms with van der Waals surface area (Å²) in [4.78, 5) is 16.9. The van der Waals surface area contributed by atoms with Crippen LogP contribution in [0.5, 0.6) is 0 Å². The van der Waals surface area contributed by atoms with E-state index in [-0.39, 0.29) is 23.4 Å². The van der Waals surface area contributed by atoms with E-state index in [9.17, 15) is 4.79 Å². The van der Waals surface area contributed by atoms with E-state index in [1.54, 1.807) is 8.97 Å². The zero-order chi connectivity index (χ0) is 15.3. The molecule has 1 aromatic carbocycles. The van der Waals surface area contributed by atoms with Crippen molar-refractivity contribution >= 4 is 29.7 Å². The molecule has 3 aromatic rings. The number of rotatable bonds is 3. The van der Waals surface area contributed by atoms with Crippen LogP contribution in [-0.4, -0.2) is 14.0 Å². The molecule has 1 fully saturated rings. The fourth-order valence-corrected chi connectivity index (χ4v) is 3.21. The maximum Gasteiger partial charge on any atom is 0.294 e. The summed E-state index contributed by atoms with van der Waals surface area (Å²) in [6.45, 7) is 2.59. The second-order valence-corrected chi connectivity index (χ2v) is 6.57. The molecule has 0 radical (unpaired) electrons. The number of fused-ring (bicyclic) bond motifs is 1. The molecule has 0 saturated heterocycles. The highest BCUT2D eigenvalue weighted by Crippen LogP contribution is 2.49. The van der Waals surface area contributed by atoms with Gasteiger partial charge in [0.1, 0.15) is 0 Å². The molecule has 0 unspecified atom stereocenters. The molecule has 120 valence electrons. The maximum atomic E-state index is 12.6. The van der Waals surface area contributed by atoms with E-state index in [4.69, 9.17) is 11.6 Å². The first kappa shape index (κ1) is 16.1. The van der Waals surface area contributed by atoms with Crippen LogP contribution in [0.3, 0.4) is 0 Å². The predicted molar refractivity (Wildman–Crippen MR) is 93.8 cm³/mol. The third-order valence-electron chi connectivity index (χ3n) is 4.50. The van der Waals surface area contributed by atoms with Crippen LogP contribution in [0.4, 0.5) is 0 Å². The quantitative estimate of drug-likeness (QED) is 0.724. The second-order valence-electron chi connectivity index (χ2n) is 6.13. The molecule has 0 atom stereocenters. The number of imidazole rings is 1. The Labute approximate surface area is 145 Å². The van der Waals surface area contributed by atoms with Gasteiger partial charge in [-0.15, -0.1) is 12.4 Å². The predicted octanol–water partition coefficient (Wildman–Crippen LogP) is 3.61. The van der Waals surface area contributed by atoms with E-state index in [1.807, 2.05) is 37.6 Å². The van der Waals surface area contributed by atoms with Crippen molar-refractivity contribution in [2.24, 2.45) is 0 Å². The molecule has 4 nitrogen and oxygen atoms in total. The molecule has 0 spiro atoms. The summed E-state index contributed by atoms with van der Waals surface area (Å²) < 4.78 is 3.57. The van der Waals surface area contributed by atoms with Crippen molar-refractivity contribution in [3.05, 3.63) is 69.5 Å². The highest BCUT2D eigenvalue weighted by molar-refractivity contribution is 6.30. The van der Waals surface area contributed by atoms with E-state index in [2.05, 4.69) is 17.1 Å². The number of hydrogen-bond acceptors (Lipinski definition) is 2. The van der Waals surface area contributed by atoms with Gasteiger partial charge in [-0.05, 0) is 37.5 Å². The van der Waals surface area contributed by atoms with Crippen LogP contribution in [0.2, 0.25) is 5.02 Å². The average Bonchev–Trinajstić information content (AvgIpc) is 3.17. The largest absolute Gasteiger partial charge is 0.310 e. The molecule has 23 heavy (non-hydrogen) atoms. The maximum absolute atomic E-state index is 12.6. The SMILES string of the molecule is Cc1cn2ccn(CC3(c4ccc(Cl)cc4)CC3)c(=O)c2n1.Cl. The molecule has 6 heteroatoms. The van der Waals surface area contributed by atoms with Crippen molar-refractivity contribution in [2.75, 3.05) is 0 Å². The molecule has 1 aliphatic rings. The Hall–Kier alpha value is -1.78. The normalized spacial score (nSPS) is 15.4. The fourth-order valence-electron chi connectivity index (χ4n) is 3.08. The van der Waals surface area contributed by atoms with Crippen LogP contribution in [0, 0.1) is 6.92 Å². The Morgan fingerprint density at radius 2 is 1.91 bits per heavy atom. The van der Waals surface area contributed by atoms with E-state index in [0.717, 1.165) is 23.6 Å². The van der Waals surface area contributed by atoms with Gasteiger partial charge in [-0.2, -0.15) is 0 Å². The molecule has 0 amide bonds. The lowest BCUT2D eigenvalue weighted by Crippen LogP contribution is -2.27. The van der Waals surface area contributed by atoms with Gasteiger partial charge in [0.25, 0.3) is 5.56 Å². The summed E-state index contributed by atoms with van der Waals surface area (Å²) in [5, 5.41) is 0.742. The monoisotopic (exact) mass is 349 g/mol. The molecule has 0 N–H and O–H groups in total. The lowest BCUT2D eigenvalue weighted by molar-refractivity contribution is 0.533. The number of aromatic nitrogens is 3. The molecule has 0 bridgehead atoms. The van der Waals surface area contributed by atoms with E-state index in [0.29, 0.717) is 12.2 Å². The Kier molecular flexibility index (Phi) is 3.98. The molecular formula is C17H17Cl2N3O. The van der Waals surface area contributed by atoms with Crippen molar-refractivity contribution in [1.29, 1.82) is 0 Å². The summed E-state index contributed by atoms with van der Waals surface area (Å²) in [5.41, 5.74) is 2.63. The van der Waals surface area contributed by atoms with Gasteiger partial charge in [0.2, 0.25) is 5.65 Å². The van der Waals surface area contributed by atoms with Crippen molar-refractivity contribution in [3.63, 3.8) is 0 Å². The minimum Gasteiger partial charge on any atom is -0.310 e. The highest BCUT2D eigenvalue weighted by Gasteiger charge is 2.44. The summed E-state index contributed by atoms with van der Waals surface area (Å²) in [6.07, 6.45) is 7.81. The zero-order valence-corrected chi connectivity index (χ0v) is 14.3. The minimum absolute atomic E-state index is 0. The number of nitrogens with zero attached hydrogens (tertiary/aromatic N) is 3. The molecule has 1 saturated carbocycles. The average molecular weight is 350 g/mol. The summed E-state index contributed by atoms with van der Waals surface area (Å²) >= 11 is 5.97. The standard InChI is InChI=1S/C17H16ClN3O.ClH/c1-12-10-20-8-9-21(16(22)15(20)19-12)11-17(6-7-17)13-2-4-14(18)5-3-13;/h2-5,8-10H,6-7,11H2,1H3;1H. The summed E-state index contributed by atoms with van der Waals surface area (Å²) in [7, 11) is 0. The Bertz CT molecular complexity index is 908. The number of aryl methyl sites for hydroxylation is 1. The van der Waals surface area contributed by atoms with E-state index in [1.165, 1.54) is 5.56 Å². The topological polar surface area (TPSA) is 39.3 Å². The van der Waals surface area contributed by atoms with Crippen LogP contribution >= 0.6 is 24.0 Å².